The average molecular weight is 116 g/mol. The monoisotopic (exact) mass is 116 g/mol. The van der Waals surface area contributed by atoms with Crippen LogP contribution in [0, 0.1) is 0 Å². The van der Waals surface area contributed by atoms with Crippen molar-refractivity contribution in [1.82, 2.24) is 0 Å². The Morgan fingerprint density at radius 3 is 1.20 bits per heavy atom. The van der Waals surface area contributed by atoms with E-state index < -0.39 is 9.29 Å². The summed E-state index contributed by atoms with van der Waals surface area (Å²) in [4.78, 5) is 0. The second-order valence-electron chi connectivity index (χ2n) is 0.0833. The SMILES string of the molecule is O=[Si]=O.[Ca+2].[O-2]. The van der Waals surface area contributed by atoms with Gasteiger partial charge in [-0.05, 0) is 0 Å². The predicted octanol–water partition coefficient (Wildman–Crippen LogP) is -1.12. The molecule has 0 aromatic heterocycles. The van der Waals surface area contributed by atoms with Gasteiger partial charge in [0.15, 0.2) is 0 Å². The molecule has 0 amide bonds. The largest absolute Gasteiger partial charge is 2.00 e. The first-order chi connectivity index (χ1) is 1.41. The molecule has 3 nitrogen and oxygen atoms in total. The Labute approximate surface area is 61.0 Å². The van der Waals surface area contributed by atoms with E-state index in [0.29, 0.717) is 0 Å². The summed E-state index contributed by atoms with van der Waals surface area (Å²) in [5, 5.41) is 0. The van der Waals surface area contributed by atoms with Gasteiger partial charge in [0.1, 0.15) is 0 Å². The third-order valence-corrected chi connectivity index (χ3v) is 0. The van der Waals surface area contributed by atoms with Crippen LogP contribution in [0.15, 0.2) is 0 Å². The Kier molecular flexibility index (Phi) is 65.7. The van der Waals surface area contributed by atoms with Gasteiger partial charge in [0.2, 0.25) is 0 Å². The van der Waals surface area contributed by atoms with Crippen molar-refractivity contribution in [3.05, 3.63) is 0 Å². The zero-order chi connectivity index (χ0) is 2.71. The van der Waals surface area contributed by atoms with Crippen LogP contribution in [-0.4, -0.2) is 47.0 Å². The fourth-order valence-electron chi connectivity index (χ4n) is 0. The Morgan fingerprint density at radius 2 is 1.20 bits per heavy atom. The Bertz CT molecular complexity index is 27.9. The van der Waals surface area contributed by atoms with E-state index >= 15 is 0 Å². The van der Waals surface area contributed by atoms with Gasteiger partial charge in [0.25, 0.3) is 0 Å². The number of rotatable bonds is 0. The second kappa shape index (κ2) is 19.8. The number of hydrogen-bond acceptors (Lipinski definition) is 2. The molecule has 24 valence electrons. The van der Waals surface area contributed by atoms with Gasteiger partial charge >= 0.3 is 47.0 Å². The molecule has 0 saturated carbocycles. The molecular weight excluding hydrogens is 116 g/mol. The van der Waals surface area contributed by atoms with E-state index in [1.807, 2.05) is 0 Å². The van der Waals surface area contributed by atoms with Crippen LogP contribution in [-0.2, 0) is 14.4 Å². The summed E-state index contributed by atoms with van der Waals surface area (Å²) in [6.07, 6.45) is 0. The maximum absolute atomic E-state index is 8.40. The van der Waals surface area contributed by atoms with Crippen molar-refractivity contribution in [2.75, 3.05) is 0 Å². The van der Waals surface area contributed by atoms with Crippen LogP contribution in [0.5, 0.6) is 0 Å². The van der Waals surface area contributed by atoms with Gasteiger partial charge in [-0.1, -0.05) is 0 Å². The van der Waals surface area contributed by atoms with E-state index in [0.717, 1.165) is 0 Å². The van der Waals surface area contributed by atoms with Crippen LogP contribution in [0.4, 0.5) is 0 Å². The molecule has 5 heavy (non-hydrogen) atoms. The summed E-state index contributed by atoms with van der Waals surface area (Å²) in [7, 11) is -1.42. The van der Waals surface area contributed by atoms with Crippen molar-refractivity contribution < 1.29 is 14.4 Å². The molecule has 0 saturated heterocycles. The van der Waals surface area contributed by atoms with Crippen molar-refractivity contribution in [3.8, 4) is 0 Å². The molecular formula is CaO3Si. The predicted molar refractivity (Wildman–Crippen MR) is 13.6 cm³/mol. The molecule has 0 aromatic carbocycles. The van der Waals surface area contributed by atoms with Crippen LogP contribution in [0.3, 0.4) is 0 Å². The van der Waals surface area contributed by atoms with Crippen molar-refractivity contribution in [2.45, 2.75) is 0 Å². The smallest absolute Gasteiger partial charge is 2.00 e. The van der Waals surface area contributed by atoms with Gasteiger partial charge in [-0.25, -0.2) is 0 Å². The molecule has 0 aromatic rings. The fraction of sp³-hybridized carbons (Fsp3) is 0. The van der Waals surface area contributed by atoms with Crippen molar-refractivity contribution in [1.29, 1.82) is 0 Å². The van der Waals surface area contributed by atoms with Gasteiger partial charge in [0.05, 0.1) is 0 Å². The molecule has 0 aliphatic carbocycles. The molecule has 0 radical (unpaired) electrons. The van der Waals surface area contributed by atoms with Crippen molar-refractivity contribution in [3.63, 3.8) is 0 Å². The first-order valence-corrected chi connectivity index (χ1v) is 1.22. The topological polar surface area (TPSA) is 62.6 Å². The Morgan fingerprint density at radius 1 is 1.20 bits per heavy atom. The molecule has 0 N–H and O–H groups in total. The standard InChI is InChI=1S/Ca.O2Si.O/c;1-3-2;/q+2;;-2. The first-order valence-electron chi connectivity index (χ1n) is 0.408. The van der Waals surface area contributed by atoms with E-state index in [1.54, 1.807) is 0 Å². The molecule has 0 bridgehead atoms. The second-order valence-corrected chi connectivity index (χ2v) is 0.250. The third-order valence-electron chi connectivity index (χ3n) is 0. The molecule has 0 aliphatic rings. The molecule has 0 aliphatic heterocycles. The van der Waals surface area contributed by atoms with Crippen LogP contribution in [0.1, 0.15) is 0 Å². The van der Waals surface area contributed by atoms with E-state index in [-0.39, 0.29) is 43.2 Å². The molecule has 0 unspecified atom stereocenters. The fourth-order valence-corrected chi connectivity index (χ4v) is 0. The molecule has 0 spiro atoms. The summed E-state index contributed by atoms with van der Waals surface area (Å²) in [5.41, 5.74) is 0. The quantitative estimate of drug-likeness (QED) is 0.376. The van der Waals surface area contributed by atoms with Crippen molar-refractivity contribution in [2.24, 2.45) is 0 Å². The zero-order valence-electron chi connectivity index (χ0n) is 2.43. The van der Waals surface area contributed by atoms with E-state index in [4.69, 9.17) is 8.92 Å². The summed E-state index contributed by atoms with van der Waals surface area (Å²) in [6, 6.07) is 0. The minimum atomic E-state index is -1.42. The van der Waals surface area contributed by atoms with Gasteiger partial charge in [0, 0.05) is 0 Å². The number of hydrogen-bond donors (Lipinski definition) is 0. The van der Waals surface area contributed by atoms with Crippen LogP contribution >= 0.6 is 0 Å². The normalized spacial score (nSPS) is 1.60. The maximum atomic E-state index is 8.40. The van der Waals surface area contributed by atoms with E-state index in [9.17, 15) is 0 Å². The first kappa shape index (κ1) is 16.6. The third kappa shape index (κ3) is 43.2. The van der Waals surface area contributed by atoms with Gasteiger partial charge in [-0.3, -0.25) is 8.92 Å². The van der Waals surface area contributed by atoms with Gasteiger partial charge in [-0.15, -0.1) is 0 Å². The summed E-state index contributed by atoms with van der Waals surface area (Å²) in [5.74, 6) is 0. The minimum Gasteiger partial charge on any atom is -2.00 e. The van der Waals surface area contributed by atoms with E-state index in [1.165, 1.54) is 0 Å². The summed E-state index contributed by atoms with van der Waals surface area (Å²) in [6.45, 7) is 0. The van der Waals surface area contributed by atoms with Gasteiger partial charge in [-0.2, -0.15) is 0 Å². The van der Waals surface area contributed by atoms with Gasteiger partial charge < -0.3 is 5.48 Å². The molecule has 0 rings (SSSR count). The molecule has 5 heteroatoms. The summed E-state index contributed by atoms with van der Waals surface area (Å²) >= 11 is 0. The Balaban J connectivity index is -0.0000000200. The minimum absolute atomic E-state index is 0. The Hall–Kier alpha value is 1.04. The summed E-state index contributed by atoms with van der Waals surface area (Å²) < 4.78 is 16.8. The van der Waals surface area contributed by atoms with Crippen molar-refractivity contribution >= 4 is 47.0 Å². The van der Waals surface area contributed by atoms with Crippen LogP contribution in [0.2, 0.25) is 0 Å². The molecule has 0 fully saturated rings. The average Bonchev–Trinajstić information content (AvgIpc) is 0.918. The zero-order valence-corrected chi connectivity index (χ0v) is 5.64. The van der Waals surface area contributed by atoms with Crippen LogP contribution < -0.4 is 0 Å². The van der Waals surface area contributed by atoms with Crippen LogP contribution in [0.25, 0.3) is 0 Å². The molecule has 0 atom stereocenters. The maximum Gasteiger partial charge on any atom is 2.00 e. The van der Waals surface area contributed by atoms with E-state index in [2.05, 4.69) is 0 Å². The molecule has 0 heterocycles.